The van der Waals surface area contributed by atoms with Gasteiger partial charge >= 0.3 is 0 Å². The zero-order valence-electron chi connectivity index (χ0n) is 13.2. The highest BCUT2D eigenvalue weighted by Gasteiger charge is 2.14. The molecule has 0 bridgehead atoms. The second kappa shape index (κ2) is 8.82. The minimum absolute atomic E-state index is 0.405. The summed E-state index contributed by atoms with van der Waals surface area (Å²) in [5, 5.41) is 3.55. The maximum absolute atomic E-state index is 5.65. The SMILES string of the molecule is CCCOc1cc(NC2CCCCCC2)nc(COC)n1. The van der Waals surface area contributed by atoms with Gasteiger partial charge in [0.2, 0.25) is 5.88 Å². The molecule has 0 saturated heterocycles. The zero-order chi connectivity index (χ0) is 14.9. The highest BCUT2D eigenvalue weighted by Crippen LogP contribution is 2.22. The lowest BCUT2D eigenvalue weighted by molar-refractivity contribution is 0.176. The normalized spacial score (nSPS) is 16.5. The fraction of sp³-hybridized carbons (Fsp3) is 0.750. The first-order valence-electron chi connectivity index (χ1n) is 8.08. The van der Waals surface area contributed by atoms with Crippen LogP contribution in [0.1, 0.15) is 57.7 Å². The molecule has 1 aromatic rings. The number of nitrogens with one attached hydrogen (secondary N) is 1. The topological polar surface area (TPSA) is 56.3 Å². The van der Waals surface area contributed by atoms with Gasteiger partial charge in [-0.2, -0.15) is 4.98 Å². The quantitative estimate of drug-likeness (QED) is 0.779. The lowest BCUT2D eigenvalue weighted by Crippen LogP contribution is -2.20. The number of ether oxygens (including phenoxy) is 2. The Balaban J connectivity index is 2.06. The Kier molecular flexibility index (Phi) is 6.73. The van der Waals surface area contributed by atoms with Crippen LogP contribution in [0.5, 0.6) is 5.88 Å². The van der Waals surface area contributed by atoms with Crippen molar-refractivity contribution in [1.82, 2.24) is 9.97 Å². The van der Waals surface area contributed by atoms with Crippen molar-refractivity contribution in [1.29, 1.82) is 0 Å². The summed E-state index contributed by atoms with van der Waals surface area (Å²) in [5.41, 5.74) is 0. The van der Waals surface area contributed by atoms with Gasteiger partial charge in [-0.3, -0.25) is 0 Å². The fourth-order valence-electron chi connectivity index (χ4n) is 2.65. The van der Waals surface area contributed by atoms with Gasteiger partial charge in [0.1, 0.15) is 12.4 Å². The third-order valence-corrected chi connectivity index (χ3v) is 3.68. The molecule has 118 valence electrons. The van der Waals surface area contributed by atoms with Crippen LogP contribution in [0.3, 0.4) is 0 Å². The molecule has 5 nitrogen and oxygen atoms in total. The molecule has 5 heteroatoms. The van der Waals surface area contributed by atoms with E-state index < -0.39 is 0 Å². The average molecular weight is 293 g/mol. The molecule has 1 aromatic heterocycles. The number of anilines is 1. The van der Waals surface area contributed by atoms with Crippen LogP contribution in [0.2, 0.25) is 0 Å². The van der Waals surface area contributed by atoms with Crippen molar-refractivity contribution in [3.05, 3.63) is 11.9 Å². The summed E-state index contributed by atoms with van der Waals surface area (Å²) in [5.74, 6) is 2.16. The monoisotopic (exact) mass is 293 g/mol. The summed E-state index contributed by atoms with van der Waals surface area (Å²) >= 11 is 0. The first-order chi connectivity index (χ1) is 10.3. The van der Waals surface area contributed by atoms with E-state index in [1.807, 2.05) is 6.07 Å². The van der Waals surface area contributed by atoms with E-state index in [1.165, 1.54) is 38.5 Å². The average Bonchev–Trinajstić information content (AvgIpc) is 2.74. The Morgan fingerprint density at radius 2 is 1.95 bits per heavy atom. The van der Waals surface area contributed by atoms with Gasteiger partial charge in [0.15, 0.2) is 5.82 Å². The van der Waals surface area contributed by atoms with Crippen molar-refractivity contribution < 1.29 is 9.47 Å². The molecule has 0 aromatic carbocycles. The number of hydrogen-bond donors (Lipinski definition) is 1. The molecular formula is C16H27N3O2. The minimum atomic E-state index is 0.405. The minimum Gasteiger partial charge on any atom is -0.478 e. The third kappa shape index (κ3) is 5.50. The molecule has 1 heterocycles. The fourth-order valence-corrected chi connectivity index (χ4v) is 2.65. The lowest BCUT2D eigenvalue weighted by atomic mass is 10.1. The number of methoxy groups -OCH3 is 1. The summed E-state index contributed by atoms with van der Waals surface area (Å²) < 4.78 is 10.8. The molecule has 21 heavy (non-hydrogen) atoms. The van der Waals surface area contributed by atoms with Gasteiger partial charge < -0.3 is 14.8 Å². The molecule has 0 radical (unpaired) electrons. The Bertz CT molecular complexity index is 418. The van der Waals surface area contributed by atoms with Crippen LogP contribution in [0, 0.1) is 0 Å². The van der Waals surface area contributed by atoms with Crippen LogP contribution in [-0.2, 0) is 11.3 Å². The first kappa shape index (κ1) is 16.0. The van der Waals surface area contributed by atoms with Gasteiger partial charge in [-0.05, 0) is 19.3 Å². The Hall–Kier alpha value is -1.36. The Labute approximate surface area is 127 Å². The van der Waals surface area contributed by atoms with Gasteiger partial charge in [-0.25, -0.2) is 4.98 Å². The Morgan fingerprint density at radius 1 is 1.19 bits per heavy atom. The van der Waals surface area contributed by atoms with Crippen molar-refractivity contribution >= 4 is 5.82 Å². The molecule has 0 atom stereocenters. The summed E-state index contributed by atoms with van der Waals surface area (Å²) in [6.45, 7) is 3.16. The molecule has 1 aliphatic rings. The standard InChI is InChI=1S/C16H27N3O2/c1-3-10-21-16-11-14(18-15(19-16)12-20-2)17-13-8-6-4-5-7-9-13/h11,13H,3-10,12H2,1-2H3,(H,17,18,19). The van der Waals surface area contributed by atoms with E-state index in [9.17, 15) is 0 Å². The van der Waals surface area contributed by atoms with Crippen molar-refractivity contribution in [2.75, 3.05) is 19.0 Å². The van der Waals surface area contributed by atoms with Crippen LogP contribution >= 0.6 is 0 Å². The van der Waals surface area contributed by atoms with Crippen LogP contribution in [-0.4, -0.2) is 29.7 Å². The highest BCUT2D eigenvalue weighted by molar-refractivity contribution is 5.39. The summed E-state index contributed by atoms with van der Waals surface area (Å²) in [6, 6.07) is 2.41. The molecule has 1 N–H and O–H groups in total. The number of hydrogen-bond acceptors (Lipinski definition) is 5. The number of nitrogens with zero attached hydrogens (tertiary/aromatic N) is 2. The van der Waals surface area contributed by atoms with Gasteiger partial charge in [-0.1, -0.05) is 32.6 Å². The predicted octanol–water partition coefficient (Wildman–Crippen LogP) is 3.55. The van der Waals surface area contributed by atoms with Gasteiger partial charge in [0.25, 0.3) is 0 Å². The van der Waals surface area contributed by atoms with Crippen LogP contribution in [0.4, 0.5) is 5.82 Å². The van der Waals surface area contributed by atoms with E-state index in [-0.39, 0.29) is 0 Å². The van der Waals surface area contributed by atoms with E-state index in [0.717, 1.165) is 12.2 Å². The second-order valence-electron chi connectivity index (χ2n) is 5.62. The van der Waals surface area contributed by atoms with Crippen molar-refractivity contribution in [2.24, 2.45) is 0 Å². The molecular weight excluding hydrogens is 266 g/mol. The second-order valence-corrected chi connectivity index (χ2v) is 5.62. The number of aromatic nitrogens is 2. The van der Waals surface area contributed by atoms with Crippen LogP contribution in [0.25, 0.3) is 0 Å². The summed E-state index contributed by atoms with van der Waals surface area (Å²) in [7, 11) is 1.65. The largest absolute Gasteiger partial charge is 0.478 e. The van der Waals surface area contributed by atoms with Gasteiger partial charge in [0, 0.05) is 19.2 Å². The third-order valence-electron chi connectivity index (χ3n) is 3.68. The highest BCUT2D eigenvalue weighted by atomic mass is 16.5. The maximum Gasteiger partial charge on any atom is 0.218 e. The summed E-state index contributed by atoms with van der Waals surface area (Å²) in [4.78, 5) is 8.90. The molecule has 0 amide bonds. The van der Waals surface area contributed by atoms with Gasteiger partial charge in [0.05, 0.1) is 6.61 Å². The van der Waals surface area contributed by atoms with Gasteiger partial charge in [-0.15, -0.1) is 0 Å². The molecule has 0 aliphatic heterocycles. The molecule has 0 unspecified atom stereocenters. The zero-order valence-corrected chi connectivity index (χ0v) is 13.2. The van der Waals surface area contributed by atoms with Crippen molar-refractivity contribution in [3.8, 4) is 5.88 Å². The van der Waals surface area contributed by atoms with Crippen molar-refractivity contribution in [3.63, 3.8) is 0 Å². The molecule has 2 rings (SSSR count). The molecule has 1 fully saturated rings. The lowest BCUT2D eigenvalue weighted by Gasteiger charge is -2.18. The van der Waals surface area contributed by atoms with Crippen LogP contribution in [0.15, 0.2) is 6.07 Å². The first-order valence-corrected chi connectivity index (χ1v) is 8.08. The van der Waals surface area contributed by atoms with E-state index in [4.69, 9.17) is 9.47 Å². The van der Waals surface area contributed by atoms with E-state index in [2.05, 4.69) is 22.2 Å². The smallest absolute Gasteiger partial charge is 0.218 e. The maximum atomic E-state index is 5.65. The molecule has 1 aliphatic carbocycles. The summed E-state index contributed by atoms with van der Waals surface area (Å²) in [6.07, 6.45) is 8.70. The van der Waals surface area contributed by atoms with E-state index in [1.54, 1.807) is 7.11 Å². The van der Waals surface area contributed by atoms with E-state index in [0.29, 0.717) is 31.0 Å². The predicted molar refractivity (Wildman–Crippen MR) is 83.6 cm³/mol. The number of rotatable bonds is 7. The van der Waals surface area contributed by atoms with Crippen molar-refractivity contribution in [2.45, 2.75) is 64.5 Å². The molecule has 1 saturated carbocycles. The van der Waals surface area contributed by atoms with Crippen LogP contribution < -0.4 is 10.1 Å². The Morgan fingerprint density at radius 3 is 2.62 bits per heavy atom. The van der Waals surface area contributed by atoms with E-state index >= 15 is 0 Å². The molecule has 0 spiro atoms.